The van der Waals surface area contributed by atoms with Gasteiger partial charge in [0.1, 0.15) is 24.7 Å². The third-order valence-corrected chi connectivity index (χ3v) is 6.97. The van der Waals surface area contributed by atoms with E-state index in [-0.39, 0.29) is 11.5 Å². The molecule has 1 atom stereocenters. The average Bonchev–Trinajstić information content (AvgIpc) is 3.41. The Labute approximate surface area is 214 Å². The molecule has 0 amide bonds. The SMILES string of the molecule is CC(C)(c1ccccc1)c1ccc(OCCOc2ccc(CC(OC3CCCC3)C(=O)O)cc2)cc1. The lowest BCUT2D eigenvalue weighted by atomic mass is 9.78. The molecule has 1 aliphatic carbocycles. The maximum absolute atomic E-state index is 11.6. The van der Waals surface area contributed by atoms with Gasteiger partial charge in [-0.05, 0) is 53.8 Å². The van der Waals surface area contributed by atoms with E-state index in [2.05, 4.69) is 50.2 Å². The topological polar surface area (TPSA) is 65.0 Å². The molecule has 5 nitrogen and oxygen atoms in total. The van der Waals surface area contributed by atoms with Gasteiger partial charge in [0, 0.05) is 11.8 Å². The van der Waals surface area contributed by atoms with E-state index in [1.165, 1.54) is 11.1 Å². The van der Waals surface area contributed by atoms with E-state index in [0.29, 0.717) is 19.6 Å². The minimum atomic E-state index is -0.906. The highest BCUT2D eigenvalue weighted by Gasteiger charge is 2.25. The minimum absolute atomic E-state index is 0.0697. The molecule has 0 aliphatic heterocycles. The Balaban J connectivity index is 1.22. The summed E-state index contributed by atoms with van der Waals surface area (Å²) >= 11 is 0. The zero-order valence-corrected chi connectivity index (χ0v) is 21.2. The van der Waals surface area contributed by atoms with Gasteiger partial charge in [-0.25, -0.2) is 4.79 Å². The molecule has 0 aromatic heterocycles. The molecular weight excluding hydrogens is 452 g/mol. The van der Waals surface area contributed by atoms with E-state index >= 15 is 0 Å². The fourth-order valence-corrected chi connectivity index (χ4v) is 4.69. The number of carboxylic acids is 1. The van der Waals surface area contributed by atoms with Crippen LogP contribution in [0.3, 0.4) is 0 Å². The quantitative estimate of drug-likeness (QED) is 0.298. The molecule has 5 heteroatoms. The number of benzene rings is 3. The van der Waals surface area contributed by atoms with Crippen molar-refractivity contribution in [1.82, 2.24) is 0 Å². The lowest BCUT2D eigenvalue weighted by Crippen LogP contribution is -2.30. The maximum Gasteiger partial charge on any atom is 0.333 e. The van der Waals surface area contributed by atoms with Crippen LogP contribution in [0.5, 0.6) is 11.5 Å². The standard InChI is InChI=1S/C31H36O5/c1-31(2,24-8-4-3-5-9-24)25-14-18-27(19-15-25)35-21-20-34-26-16-12-23(13-17-26)22-29(30(32)33)36-28-10-6-7-11-28/h3-5,8-9,12-19,28-29H,6-7,10-11,20-22H2,1-2H3,(H,32,33). The van der Waals surface area contributed by atoms with Gasteiger partial charge in [0.15, 0.2) is 6.10 Å². The molecule has 0 spiro atoms. The Morgan fingerprint density at radius 2 is 1.36 bits per heavy atom. The molecule has 0 radical (unpaired) electrons. The first kappa shape index (κ1) is 25.8. The van der Waals surface area contributed by atoms with Crippen LogP contribution in [-0.2, 0) is 21.4 Å². The summed E-state index contributed by atoms with van der Waals surface area (Å²) in [6, 6.07) is 26.2. The van der Waals surface area contributed by atoms with Crippen molar-refractivity contribution >= 4 is 5.97 Å². The molecule has 36 heavy (non-hydrogen) atoms. The van der Waals surface area contributed by atoms with Crippen molar-refractivity contribution in [2.45, 2.75) is 63.6 Å². The van der Waals surface area contributed by atoms with Gasteiger partial charge in [-0.3, -0.25) is 0 Å². The van der Waals surface area contributed by atoms with Crippen molar-refractivity contribution in [2.75, 3.05) is 13.2 Å². The molecular formula is C31H36O5. The molecule has 1 aliphatic rings. The van der Waals surface area contributed by atoms with Crippen LogP contribution < -0.4 is 9.47 Å². The Bertz CT molecular complexity index is 1080. The van der Waals surface area contributed by atoms with Crippen molar-refractivity contribution < 1.29 is 24.1 Å². The summed E-state index contributed by atoms with van der Waals surface area (Å²) in [7, 11) is 0. The highest BCUT2D eigenvalue weighted by molar-refractivity contribution is 5.72. The number of carbonyl (C=O) groups is 1. The van der Waals surface area contributed by atoms with Crippen LogP contribution >= 0.6 is 0 Å². The van der Waals surface area contributed by atoms with Crippen LogP contribution in [0.1, 0.15) is 56.2 Å². The highest BCUT2D eigenvalue weighted by atomic mass is 16.5. The lowest BCUT2D eigenvalue weighted by Gasteiger charge is -2.26. The first-order valence-electron chi connectivity index (χ1n) is 12.8. The molecule has 0 bridgehead atoms. The normalized spacial score (nSPS) is 14.9. The first-order chi connectivity index (χ1) is 17.4. The predicted octanol–water partition coefficient (Wildman–Crippen LogP) is 6.43. The van der Waals surface area contributed by atoms with Gasteiger partial charge in [0.25, 0.3) is 0 Å². The van der Waals surface area contributed by atoms with Crippen molar-refractivity contribution in [3.63, 3.8) is 0 Å². The molecule has 1 N–H and O–H groups in total. The Kier molecular flexibility index (Phi) is 8.65. The number of carboxylic acid groups (broad SMARTS) is 1. The van der Waals surface area contributed by atoms with Crippen LogP contribution in [0.2, 0.25) is 0 Å². The summed E-state index contributed by atoms with van der Waals surface area (Å²) in [5.74, 6) is 0.630. The van der Waals surface area contributed by atoms with Crippen molar-refractivity contribution in [3.05, 3.63) is 95.6 Å². The summed E-state index contributed by atoms with van der Waals surface area (Å²) in [6.07, 6.45) is 3.75. The van der Waals surface area contributed by atoms with Gasteiger partial charge in [0.05, 0.1) is 6.10 Å². The summed E-state index contributed by atoms with van der Waals surface area (Å²) in [4.78, 5) is 11.6. The highest BCUT2D eigenvalue weighted by Crippen LogP contribution is 2.32. The number of aliphatic carboxylic acids is 1. The first-order valence-corrected chi connectivity index (χ1v) is 12.8. The van der Waals surface area contributed by atoms with Gasteiger partial charge in [0.2, 0.25) is 0 Å². The summed E-state index contributed by atoms with van der Waals surface area (Å²) < 4.78 is 17.5. The number of rotatable bonds is 12. The number of ether oxygens (including phenoxy) is 3. The number of hydrogen-bond acceptors (Lipinski definition) is 4. The zero-order valence-electron chi connectivity index (χ0n) is 21.2. The van der Waals surface area contributed by atoms with E-state index in [1.807, 2.05) is 42.5 Å². The molecule has 1 fully saturated rings. The van der Waals surface area contributed by atoms with Crippen LogP contribution in [0.4, 0.5) is 0 Å². The van der Waals surface area contributed by atoms with E-state index in [1.54, 1.807) is 0 Å². The molecule has 3 aromatic carbocycles. The van der Waals surface area contributed by atoms with E-state index in [0.717, 1.165) is 42.7 Å². The average molecular weight is 489 g/mol. The van der Waals surface area contributed by atoms with Crippen molar-refractivity contribution in [3.8, 4) is 11.5 Å². The van der Waals surface area contributed by atoms with Gasteiger partial charge >= 0.3 is 5.97 Å². The van der Waals surface area contributed by atoms with E-state index in [9.17, 15) is 9.90 Å². The van der Waals surface area contributed by atoms with Crippen LogP contribution in [0, 0.1) is 0 Å². The van der Waals surface area contributed by atoms with Gasteiger partial charge in [-0.15, -0.1) is 0 Å². The molecule has 3 aromatic rings. The predicted molar refractivity (Wildman–Crippen MR) is 141 cm³/mol. The second-order valence-electron chi connectivity index (χ2n) is 9.93. The zero-order chi connectivity index (χ0) is 25.4. The van der Waals surface area contributed by atoms with Gasteiger partial charge in [-0.2, -0.15) is 0 Å². The van der Waals surface area contributed by atoms with Crippen molar-refractivity contribution in [2.24, 2.45) is 0 Å². The van der Waals surface area contributed by atoms with Crippen LogP contribution in [-0.4, -0.2) is 36.5 Å². The molecule has 4 rings (SSSR count). The Morgan fingerprint density at radius 3 is 1.92 bits per heavy atom. The Hall–Kier alpha value is -3.31. The van der Waals surface area contributed by atoms with E-state index in [4.69, 9.17) is 14.2 Å². The van der Waals surface area contributed by atoms with Crippen LogP contribution in [0.25, 0.3) is 0 Å². The molecule has 1 saturated carbocycles. The van der Waals surface area contributed by atoms with Crippen LogP contribution in [0.15, 0.2) is 78.9 Å². The van der Waals surface area contributed by atoms with Crippen molar-refractivity contribution in [1.29, 1.82) is 0 Å². The molecule has 0 heterocycles. The summed E-state index contributed by atoms with van der Waals surface area (Å²) in [5.41, 5.74) is 3.35. The molecule has 190 valence electrons. The lowest BCUT2D eigenvalue weighted by molar-refractivity contribution is -0.154. The third-order valence-electron chi connectivity index (χ3n) is 6.97. The van der Waals surface area contributed by atoms with Gasteiger partial charge < -0.3 is 19.3 Å². The minimum Gasteiger partial charge on any atom is -0.490 e. The summed E-state index contributed by atoms with van der Waals surface area (Å²) in [5, 5.41) is 9.53. The maximum atomic E-state index is 11.6. The molecule has 0 saturated heterocycles. The number of hydrogen-bond donors (Lipinski definition) is 1. The largest absolute Gasteiger partial charge is 0.490 e. The fourth-order valence-electron chi connectivity index (χ4n) is 4.69. The smallest absolute Gasteiger partial charge is 0.333 e. The van der Waals surface area contributed by atoms with Gasteiger partial charge in [-0.1, -0.05) is 81.3 Å². The Morgan fingerprint density at radius 1 is 0.833 bits per heavy atom. The second-order valence-corrected chi connectivity index (χ2v) is 9.93. The molecule has 1 unspecified atom stereocenters. The van der Waals surface area contributed by atoms with E-state index < -0.39 is 12.1 Å². The monoisotopic (exact) mass is 488 g/mol. The third kappa shape index (κ3) is 6.88. The second kappa shape index (κ2) is 12.1. The summed E-state index contributed by atoms with van der Waals surface area (Å²) in [6.45, 7) is 5.29. The fraction of sp³-hybridized carbons (Fsp3) is 0.387.